The summed E-state index contributed by atoms with van der Waals surface area (Å²) in [6.07, 6.45) is 0. The molecule has 0 atom stereocenters. The number of carbonyl (C=O) groups excluding carboxylic acids is 2. The third-order valence-electron chi connectivity index (χ3n) is 19.5. The molecule has 0 saturated carbocycles. The number of ether oxygens (including phenoxy) is 8. The number of methoxy groups -OCH3 is 2. The van der Waals surface area contributed by atoms with Crippen LogP contribution in [0, 0.1) is 0 Å². The maximum absolute atomic E-state index is 12.3. The van der Waals surface area contributed by atoms with E-state index in [4.69, 9.17) is 37.9 Å². The minimum atomic E-state index is -0.898. The quantitative estimate of drug-likeness (QED) is 0.0510. The van der Waals surface area contributed by atoms with E-state index in [1.165, 1.54) is 40.3 Å². The molecule has 0 unspecified atom stereocenters. The number of esters is 2. The van der Waals surface area contributed by atoms with Crippen molar-refractivity contribution in [1.82, 2.24) is 0 Å². The van der Waals surface area contributed by atoms with Crippen LogP contribution in [0.2, 0.25) is 0 Å². The van der Waals surface area contributed by atoms with Crippen LogP contribution >= 0.6 is 0 Å². The van der Waals surface area contributed by atoms with E-state index in [1.807, 2.05) is 98.9 Å². The van der Waals surface area contributed by atoms with Crippen molar-refractivity contribution in [2.75, 3.05) is 14.2 Å². The van der Waals surface area contributed by atoms with E-state index >= 15 is 0 Å². The number of carbonyl (C=O) groups is 2. The van der Waals surface area contributed by atoms with Gasteiger partial charge < -0.3 is 18.9 Å². The Balaban J connectivity index is 0.000000224. The van der Waals surface area contributed by atoms with E-state index < -0.39 is 27.8 Å². The third-order valence-corrected chi connectivity index (χ3v) is 106. The van der Waals surface area contributed by atoms with Crippen LogP contribution in [0.3, 0.4) is 0 Å². The van der Waals surface area contributed by atoms with Gasteiger partial charge in [-0.15, -0.1) is 0 Å². The molecule has 0 radical (unpaired) electrons. The van der Waals surface area contributed by atoms with E-state index in [9.17, 15) is 9.59 Å². The van der Waals surface area contributed by atoms with Crippen molar-refractivity contribution < 1.29 is 256 Å². The molecule has 0 heterocycles. The normalized spacial score (nSPS) is 13.5. The second-order valence-corrected chi connectivity index (χ2v) is 123. The van der Waals surface area contributed by atoms with Gasteiger partial charge in [0.05, 0.1) is 0 Å². The Labute approximate surface area is 701 Å². The average molecular weight is 2790 g/mol. The zero-order chi connectivity index (χ0) is 70.3. The van der Waals surface area contributed by atoms with E-state index in [0.29, 0.717) is 110 Å². The van der Waals surface area contributed by atoms with E-state index in [1.54, 1.807) is 14.0 Å². The standard InChI is InChI=1S/C44H30O5.C35H42O5.8Hg/c1-31(45)47-27-28-49-43-24-22-35(30-39(43)33-15-7-4-8-16-33)44(40-19-11-9-17-36(40)37-18-10-12-20-41(37)44)34-21-23-42(48-26-25-46-2)38(29-34)32-13-5-3-6-14-32;1-23(36)38-34(6,7)35(8,9)40-29-22-20-25-16-12-14-18-27(25)31(29)30-26-17-13-11-15-24(26)19-21-28(30)39-33(4,5)32(2,3)37-10;;;;;;;;/h3-24,29-30H,1-2H3;11-22H,1-10H3;;;;;;;;. The van der Waals surface area contributed by atoms with Crippen LogP contribution in [0.25, 0.3) is 66.1 Å². The summed E-state index contributed by atoms with van der Waals surface area (Å²) < 4.78 is 51.3. The van der Waals surface area contributed by atoms with E-state index in [2.05, 4.69) is 182 Å². The van der Waals surface area contributed by atoms with Crippen LogP contribution in [-0.4, -0.2) is 51.0 Å². The molecular formula is C79H72Hg8O10. The van der Waals surface area contributed by atoms with Gasteiger partial charge in [0.25, 0.3) is 0 Å². The SMILES string of the molecule is COC(C)(C)C(C)(C)Oc1ccc2ccccc2c1-c1c(OC(C)(C)C(C)(C)OC(C)=O)ccc2ccccc12.CO[C]([Hg])([Hg])[C]([Hg])([Hg])Oc1ccc(C2(c3ccc(O[C]([Hg])([Hg])[C]([Hg])([Hg])OC(C)=O)c(-c4ccccc4)c3)c3ccccc3-c3ccccc32)cc1-c1ccccc1. The molecule has 1 aliphatic rings. The second-order valence-electron chi connectivity index (χ2n) is 27.3. The van der Waals surface area contributed by atoms with Crippen molar-refractivity contribution in [1.29, 1.82) is 0 Å². The van der Waals surface area contributed by atoms with E-state index in [-0.39, 0.29) is 119 Å². The summed E-state index contributed by atoms with van der Waals surface area (Å²) in [5.74, 6) is 2.70. The van der Waals surface area contributed by atoms with Crippen LogP contribution in [0.15, 0.2) is 218 Å². The number of rotatable bonds is 21. The summed E-state index contributed by atoms with van der Waals surface area (Å²) in [7, 11) is 3.60. The number of hydrogen-bond acceptors (Lipinski definition) is 10. The molecule has 10 aromatic rings. The molecular weight excluding hydrogens is 2710 g/mol. The summed E-state index contributed by atoms with van der Waals surface area (Å²) in [6, 6.07) is 78.0. The molecule has 464 valence electrons. The summed E-state index contributed by atoms with van der Waals surface area (Å²) in [5, 5.41) is 4.25. The molecule has 0 fully saturated rings. The van der Waals surface area contributed by atoms with Crippen molar-refractivity contribution in [2.24, 2.45) is 0 Å². The van der Waals surface area contributed by atoms with Gasteiger partial charge in [-0.3, -0.25) is 4.79 Å². The van der Waals surface area contributed by atoms with Crippen LogP contribution in [0.1, 0.15) is 91.5 Å². The Morgan fingerprint density at radius 2 is 0.691 bits per heavy atom. The van der Waals surface area contributed by atoms with Crippen molar-refractivity contribution in [3.8, 4) is 67.5 Å². The predicted molar refractivity (Wildman–Crippen MR) is 349 cm³/mol. The first-order valence-corrected chi connectivity index (χ1v) is 54.3. The van der Waals surface area contributed by atoms with Crippen molar-refractivity contribution in [3.05, 3.63) is 241 Å². The van der Waals surface area contributed by atoms with Crippen LogP contribution in [0.4, 0.5) is 0 Å². The van der Waals surface area contributed by atoms with Gasteiger partial charge in [0.2, 0.25) is 0 Å². The third kappa shape index (κ3) is 16.2. The topological polar surface area (TPSA) is 108 Å². The Bertz CT molecular complexity index is 4500. The summed E-state index contributed by atoms with van der Waals surface area (Å²) in [5.41, 5.74) is 10.1. The zero-order valence-electron chi connectivity index (χ0n) is 58.0. The summed E-state index contributed by atoms with van der Waals surface area (Å²) >= 11 is 2.74. The van der Waals surface area contributed by atoms with Crippen molar-refractivity contribution in [2.45, 2.75) is 99.5 Å². The molecule has 10 aromatic carbocycles. The molecule has 0 aromatic heterocycles. The molecule has 10 nitrogen and oxygen atoms in total. The fraction of sp³-hybridized carbons (Fsp3) is 0.266. The Hall–Kier alpha value is -1.74. The fourth-order valence-corrected chi connectivity index (χ4v) is 19.1. The molecule has 97 heavy (non-hydrogen) atoms. The molecule has 0 bridgehead atoms. The average Bonchev–Trinajstić information content (AvgIpc) is 1.53. The monoisotopic (exact) mass is 2800 g/mol. The molecule has 0 saturated heterocycles. The number of benzene rings is 10. The van der Waals surface area contributed by atoms with Crippen LogP contribution in [-0.2, 0) is 243 Å². The Morgan fingerprint density at radius 3 is 1.09 bits per heavy atom. The van der Waals surface area contributed by atoms with Crippen molar-refractivity contribution >= 4 is 33.5 Å². The first kappa shape index (κ1) is 77.9. The molecule has 11 rings (SSSR count). The number of hydrogen-bond donors (Lipinski definition) is 0. The molecule has 1 aliphatic carbocycles. The maximum atomic E-state index is 12.3. The van der Waals surface area contributed by atoms with Gasteiger partial charge in [-0.2, -0.15) is 0 Å². The van der Waals surface area contributed by atoms with Gasteiger partial charge in [0, 0.05) is 25.2 Å². The first-order chi connectivity index (χ1) is 45.6. The van der Waals surface area contributed by atoms with Gasteiger partial charge >= 0.3 is 479 Å². The van der Waals surface area contributed by atoms with Gasteiger partial charge in [-0.25, -0.2) is 0 Å². The minimum absolute atomic E-state index is 0.00906. The Morgan fingerprint density at radius 1 is 0.330 bits per heavy atom. The van der Waals surface area contributed by atoms with Gasteiger partial charge in [0.1, 0.15) is 33.9 Å². The second kappa shape index (κ2) is 31.1. The summed E-state index contributed by atoms with van der Waals surface area (Å²) in [4.78, 5) is 24.2. The molecule has 0 aliphatic heterocycles. The molecule has 0 amide bonds. The predicted octanol–water partition coefficient (Wildman–Crippen LogP) is 17.1. The van der Waals surface area contributed by atoms with Gasteiger partial charge in [0.15, 0.2) is 0 Å². The Kier molecular flexibility index (Phi) is 25.0. The molecule has 0 spiro atoms. The molecule has 18 heteroatoms. The van der Waals surface area contributed by atoms with Crippen LogP contribution < -0.4 is 18.9 Å². The number of fused-ring (bicyclic) bond motifs is 5. The van der Waals surface area contributed by atoms with Gasteiger partial charge in [-0.05, 0) is 89.1 Å². The fourth-order valence-electron chi connectivity index (χ4n) is 12.3. The first-order valence-electron chi connectivity index (χ1n) is 32.3. The van der Waals surface area contributed by atoms with Crippen molar-refractivity contribution in [3.63, 3.8) is 0 Å². The summed E-state index contributed by atoms with van der Waals surface area (Å²) in [6.45, 7) is 18.7. The van der Waals surface area contributed by atoms with Gasteiger partial charge in [-0.1, -0.05) is 60.7 Å². The zero-order valence-corrected chi connectivity index (χ0v) is 102. The van der Waals surface area contributed by atoms with Crippen LogP contribution in [0.5, 0.6) is 23.0 Å². The van der Waals surface area contributed by atoms with E-state index in [0.717, 1.165) is 72.2 Å². The molecule has 0 N–H and O–H groups in total.